The third kappa shape index (κ3) is 6.43. The lowest BCUT2D eigenvalue weighted by Crippen LogP contribution is -2.39. The molecule has 1 heterocycles. The highest BCUT2D eigenvalue weighted by atomic mass is 19.4. The summed E-state index contributed by atoms with van der Waals surface area (Å²) in [4.78, 5) is 13.0. The molecule has 23 heavy (non-hydrogen) atoms. The Morgan fingerprint density at radius 1 is 1.30 bits per heavy atom. The number of hydrogen-bond donors (Lipinski definition) is 2. The highest BCUT2D eigenvalue weighted by molar-refractivity contribution is 5.73. The van der Waals surface area contributed by atoms with Gasteiger partial charge in [0.1, 0.15) is 5.82 Å². The molecular formula is C15H19F4N3O. The first-order chi connectivity index (χ1) is 10.8. The normalized spacial score (nSPS) is 18.9. The molecule has 1 saturated heterocycles. The highest BCUT2D eigenvalue weighted by Gasteiger charge is 2.34. The van der Waals surface area contributed by atoms with Crippen LogP contribution in [0.25, 0.3) is 0 Å². The van der Waals surface area contributed by atoms with E-state index in [2.05, 4.69) is 10.6 Å². The van der Waals surface area contributed by atoms with Gasteiger partial charge in [-0.25, -0.2) is 9.18 Å². The number of carbonyl (C=O) groups excluding carboxylic acids is 1. The van der Waals surface area contributed by atoms with Crippen LogP contribution in [0.3, 0.4) is 0 Å². The third-order valence-corrected chi connectivity index (χ3v) is 3.67. The van der Waals surface area contributed by atoms with E-state index in [1.54, 1.807) is 12.1 Å². The van der Waals surface area contributed by atoms with Crippen molar-refractivity contribution in [3.63, 3.8) is 0 Å². The van der Waals surface area contributed by atoms with Gasteiger partial charge in [-0.3, -0.25) is 4.90 Å². The van der Waals surface area contributed by atoms with Crippen LogP contribution in [0.5, 0.6) is 0 Å². The summed E-state index contributed by atoms with van der Waals surface area (Å²) >= 11 is 0. The van der Waals surface area contributed by atoms with E-state index in [-0.39, 0.29) is 18.3 Å². The number of benzene rings is 1. The summed E-state index contributed by atoms with van der Waals surface area (Å²) in [6, 6.07) is 5.47. The van der Waals surface area contributed by atoms with E-state index in [1.165, 1.54) is 17.0 Å². The summed E-state index contributed by atoms with van der Waals surface area (Å²) in [5.41, 5.74) is 0.636. The zero-order valence-corrected chi connectivity index (χ0v) is 12.5. The number of nitrogens with zero attached hydrogens (tertiary/aromatic N) is 1. The Bertz CT molecular complexity index is 536. The summed E-state index contributed by atoms with van der Waals surface area (Å²) in [7, 11) is 0. The molecule has 2 N–H and O–H groups in total. The van der Waals surface area contributed by atoms with Gasteiger partial charge in [0.05, 0.1) is 6.54 Å². The van der Waals surface area contributed by atoms with Crippen molar-refractivity contribution in [3.8, 4) is 0 Å². The van der Waals surface area contributed by atoms with Gasteiger partial charge in [-0.05, 0) is 36.6 Å². The van der Waals surface area contributed by atoms with E-state index in [4.69, 9.17) is 0 Å². The predicted octanol–water partition coefficient (Wildman–Crippen LogP) is 2.51. The van der Waals surface area contributed by atoms with Gasteiger partial charge < -0.3 is 10.6 Å². The molecule has 0 aromatic heterocycles. The lowest BCUT2D eigenvalue weighted by atomic mass is 10.1. The third-order valence-electron chi connectivity index (χ3n) is 3.67. The number of halogens is 4. The van der Waals surface area contributed by atoms with Crippen molar-refractivity contribution >= 4 is 6.03 Å². The quantitative estimate of drug-likeness (QED) is 0.813. The van der Waals surface area contributed by atoms with E-state index in [9.17, 15) is 22.4 Å². The summed E-state index contributed by atoms with van der Waals surface area (Å²) < 4.78 is 49.9. The van der Waals surface area contributed by atoms with Crippen molar-refractivity contribution in [2.75, 3.05) is 26.2 Å². The highest BCUT2D eigenvalue weighted by Crippen LogP contribution is 2.22. The van der Waals surface area contributed by atoms with Gasteiger partial charge in [0.2, 0.25) is 0 Å². The zero-order valence-electron chi connectivity index (χ0n) is 12.5. The number of nitrogens with one attached hydrogen (secondary N) is 2. The molecule has 2 rings (SSSR count). The number of alkyl halides is 3. The van der Waals surface area contributed by atoms with Crippen LogP contribution in [-0.4, -0.2) is 43.3 Å². The molecule has 0 unspecified atom stereocenters. The smallest absolute Gasteiger partial charge is 0.338 e. The minimum absolute atomic E-state index is 0.0114. The average molecular weight is 333 g/mol. The van der Waals surface area contributed by atoms with Gasteiger partial charge >= 0.3 is 12.2 Å². The largest absolute Gasteiger partial charge is 0.401 e. The van der Waals surface area contributed by atoms with Crippen molar-refractivity contribution in [3.05, 3.63) is 35.6 Å². The van der Waals surface area contributed by atoms with Crippen LogP contribution >= 0.6 is 0 Å². The first kappa shape index (κ1) is 17.5. The Hall–Kier alpha value is -1.83. The molecule has 0 bridgehead atoms. The van der Waals surface area contributed by atoms with Crippen LogP contribution in [0.1, 0.15) is 12.0 Å². The molecular weight excluding hydrogens is 314 g/mol. The summed E-state index contributed by atoms with van der Waals surface area (Å²) in [6.07, 6.45) is -3.56. The lowest BCUT2D eigenvalue weighted by molar-refractivity contribution is -0.143. The van der Waals surface area contributed by atoms with Crippen LogP contribution in [0, 0.1) is 11.7 Å². The van der Waals surface area contributed by atoms with Gasteiger partial charge in [0.15, 0.2) is 0 Å². The van der Waals surface area contributed by atoms with Crippen molar-refractivity contribution < 1.29 is 22.4 Å². The first-order valence-corrected chi connectivity index (χ1v) is 7.37. The number of rotatable bonds is 5. The number of carbonyl (C=O) groups is 1. The maximum Gasteiger partial charge on any atom is 0.401 e. The van der Waals surface area contributed by atoms with Crippen LogP contribution < -0.4 is 10.6 Å². The van der Waals surface area contributed by atoms with Crippen molar-refractivity contribution in [1.82, 2.24) is 15.5 Å². The van der Waals surface area contributed by atoms with Crippen LogP contribution in [0.2, 0.25) is 0 Å². The van der Waals surface area contributed by atoms with Gasteiger partial charge in [-0.2, -0.15) is 13.2 Å². The summed E-state index contributed by atoms with van der Waals surface area (Å²) in [5.74, 6) is -0.363. The molecule has 1 aliphatic heterocycles. The maximum atomic E-state index is 13.0. The Kier molecular flexibility index (Phi) is 5.81. The van der Waals surface area contributed by atoms with Crippen molar-refractivity contribution in [1.29, 1.82) is 0 Å². The van der Waals surface area contributed by atoms with Crippen molar-refractivity contribution in [2.24, 2.45) is 5.92 Å². The molecule has 0 aliphatic carbocycles. The molecule has 8 heteroatoms. The Morgan fingerprint density at radius 2 is 2.09 bits per heavy atom. The van der Waals surface area contributed by atoms with Crippen molar-refractivity contribution in [2.45, 2.75) is 19.1 Å². The maximum absolute atomic E-state index is 13.0. The van der Waals surface area contributed by atoms with Crippen LogP contribution in [-0.2, 0) is 6.54 Å². The van der Waals surface area contributed by atoms with Gasteiger partial charge in [0.25, 0.3) is 0 Å². The molecule has 128 valence electrons. The second-order valence-electron chi connectivity index (χ2n) is 5.70. The van der Waals surface area contributed by atoms with Gasteiger partial charge in [0, 0.05) is 19.6 Å². The second-order valence-corrected chi connectivity index (χ2v) is 5.70. The fourth-order valence-electron chi connectivity index (χ4n) is 2.61. The minimum atomic E-state index is -4.19. The van der Waals surface area contributed by atoms with Gasteiger partial charge in [-0.15, -0.1) is 0 Å². The molecule has 0 spiro atoms. The number of amides is 2. The number of hydrogen-bond acceptors (Lipinski definition) is 2. The monoisotopic (exact) mass is 333 g/mol. The topological polar surface area (TPSA) is 44.4 Å². The predicted molar refractivity (Wildman–Crippen MR) is 77.2 cm³/mol. The molecule has 1 aromatic carbocycles. The molecule has 4 nitrogen and oxygen atoms in total. The Morgan fingerprint density at radius 3 is 2.78 bits per heavy atom. The van der Waals surface area contributed by atoms with Gasteiger partial charge in [-0.1, -0.05) is 12.1 Å². The molecule has 2 amide bonds. The van der Waals surface area contributed by atoms with E-state index in [0.717, 1.165) is 0 Å². The molecule has 1 fully saturated rings. The number of urea groups is 1. The summed E-state index contributed by atoms with van der Waals surface area (Å²) in [5, 5.41) is 5.23. The van der Waals surface area contributed by atoms with E-state index in [1.807, 2.05) is 0 Å². The lowest BCUT2D eigenvalue weighted by Gasteiger charge is -2.18. The molecule has 1 aliphatic rings. The summed E-state index contributed by atoms with van der Waals surface area (Å²) in [6.45, 7) is 0.313. The van der Waals surface area contributed by atoms with E-state index >= 15 is 0 Å². The molecule has 1 atom stereocenters. The average Bonchev–Trinajstić information content (AvgIpc) is 2.88. The standard InChI is InChI=1S/C15H19F4N3O/c16-13-3-1-2-11(6-13)7-20-14(23)21-8-12-4-5-22(9-12)10-15(17,18)19/h1-3,6,12H,4-5,7-10H2,(H2,20,21,23)/t12-/m0/s1. The zero-order chi connectivity index (χ0) is 16.9. The minimum Gasteiger partial charge on any atom is -0.338 e. The van der Waals surface area contributed by atoms with E-state index in [0.29, 0.717) is 31.6 Å². The molecule has 1 aromatic rings. The number of likely N-dealkylation sites (tertiary alicyclic amines) is 1. The second kappa shape index (κ2) is 7.63. The SMILES string of the molecule is O=C(NCc1cccc(F)c1)NC[C@@H]1CCN(CC(F)(F)F)C1. The molecule has 0 radical (unpaired) electrons. The van der Waals surface area contributed by atoms with Crippen LogP contribution in [0.4, 0.5) is 22.4 Å². The first-order valence-electron chi connectivity index (χ1n) is 7.37. The van der Waals surface area contributed by atoms with Crippen LogP contribution in [0.15, 0.2) is 24.3 Å². The Balaban J connectivity index is 1.65. The fourth-order valence-corrected chi connectivity index (χ4v) is 2.61. The molecule has 0 saturated carbocycles. The fraction of sp³-hybridized carbons (Fsp3) is 0.533. The Labute approximate surface area is 131 Å². The van der Waals surface area contributed by atoms with E-state index < -0.39 is 18.8 Å².